The highest BCUT2D eigenvalue weighted by atomic mass is 35.5. The average molecular weight is 576 g/mol. The summed E-state index contributed by atoms with van der Waals surface area (Å²) in [5.41, 5.74) is 9.78. The van der Waals surface area contributed by atoms with E-state index in [1.807, 2.05) is 61.3 Å². The van der Waals surface area contributed by atoms with Crippen LogP contribution in [0.4, 0.5) is 0 Å². The van der Waals surface area contributed by atoms with Gasteiger partial charge in [-0.05, 0) is 86.7 Å². The summed E-state index contributed by atoms with van der Waals surface area (Å²) in [5.74, 6) is 0.216. The Kier molecular flexibility index (Phi) is 8.45. The molecule has 2 amide bonds. The normalized spacial score (nSPS) is 17.1. The molecule has 3 aromatic carbocycles. The number of aryl methyl sites for hydroxylation is 1. The lowest BCUT2D eigenvalue weighted by atomic mass is 9.89. The van der Waals surface area contributed by atoms with Crippen molar-refractivity contribution in [2.75, 3.05) is 14.2 Å². The molecule has 0 unspecified atom stereocenters. The van der Waals surface area contributed by atoms with Gasteiger partial charge in [-0.1, -0.05) is 41.9 Å². The van der Waals surface area contributed by atoms with Gasteiger partial charge in [0, 0.05) is 39.8 Å². The zero-order valence-electron chi connectivity index (χ0n) is 23.0. The topological polar surface area (TPSA) is 84.7 Å². The molecule has 6 nitrogen and oxygen atoms in total. The average Bonchev–Trinajstić information content (AvgIpc) is 3.32. The van der Waals surface area contributed by atoms with Crippen molar-refractivity contribution in [1.82, 2.24) is 10.2 Å². The summed E-state index contributed by atoms with van der Waals surface area (Å²) in [6, 6.07) is 19.8. The molecule has 4 aromatic rings. The van der Waals surface area contributed by atoms with Crippen molar-refractivity contribution < 1.29 is 14.3 Å². The van der Waals surface area contributed by atoms with Gasteiger partial charge in [0.15, 0.2) is 0 Å². The van der Waals surface area contributed by atoms with E-state index in [1.165, 1.54) is 11.3 Å². The molecule has 0 saturated heterocycles. The minimum Gasteiger partial charge on any atom is -0.496 e. The smallest absolute Gasteiger partial charge is 0.266 e. The summed E-state index contributed by atoms with van der Waals surface area (Å²) in [4.78, 5) is 28.4. The Hall–Kier alpha value is -3.39. The molecule has 1 heterocycles. The Labute approximate surface area is 244 Å². The number of amides is 2. The maximum absolute atomic E-state index is 14.3. The highest BCUT2D eigenvalue weighted by Gasteiger charge is 2.32. The van der Waals surface area contributed by atoms with Gasteiger partial charge in [-0.3, -0.25) is 9.59 Å². The molecule has 5 rings (SSSR count). The zero-order chi connectivity index (χ0) is 28.4. The van der Waals surface area contributed by atoms with Crippen LogP contribution in [0.3, 0.4) is 0 Å². The number of nitrogens with two attached hydrogens (primary N) is 1. The second kappa shape index (κ2) is 12.0. The van der Waals surface area contributed by atoms with Crippen LogP contribution in [-0.2, 0) is 6.54 Å². The van der Waals surface area contributed by atoms with Gasteiger partial charge in [0.05, 0.1) is 12.1 Å². The molecule has 0 bridgehead atoms. The van der Waals surface area contributed by atoms with Crippen molar-refractivity contribution >= 4 is 44.8 Å². The minimum atomic E-state index is -0.459. The van der Waals surface area contributed by atoms with Crippen LogP contribution in [0.15, 0.2) is 60.7 Å². The first kappa shape index (κ1) is 28.1. The van der Waals surface area contributed by atoms with Gasteiger partial charge in [-0.15, -0.1) is 11.3 Å². The number of carbonyl (C=O) groups excluding carboxylic acids is 2. The van der Waals surface area contributed by atoms with E-state index < -0.39 is 5.91 Å². The quantitative estimate of drug-likeness (QED) is 0.242. The fraction of sp³-hybridized carbons (Fsp3) is 0.312. The molecule has 1 fully saturated rings. The Bertz CT molecular complexity index is 1540. The summed E-state index contributed by atoms with van der Waals surface area (Å²) < 4.78 is 6.77. The molecule has 0 aliphatic heterocycles. The molecular formula is C32H34ClN3O3S. The van der Waals surface area contributed by atoms with Crippen LogP contribution in [0.25, 0.3) is 21.2 Å². The van der Waals surface area contributed by atoms with E-state index in [1.54, 1.807) is 19.2 Å². The van der Waals surface area contributed by atoms with Crippen molar-refractivity contribution in [3.8, 4) is 16.9 Å². The third-order valence-corrected chi connectivity index (χ3v) is 9.62. The second-order valence-electron chi connectivity index (χ2n) is 10.4. The summed E-state index contributed by atoms with van der Waals surface area (Å²) in [5, 5.41) is 4.88. The van der Waals surface area contributed by atoms with Gasteiger partial charge in [0.1, 0.15) is 10.6 Å². The summed E-state index contributed by atoms with van der Waals surface area (Å²) in [6.45, 7) is 2.42. The monoisotopic (exact) mass is 575 g/mol. The number of hydrogen-bond acceptors (Lipinski definition) is 5. The molecule has 0 radical (unpaired) electrons. The maximum atomic E-state index is 14.3. The predicted octanol–water partition coefficient (Wildman–Crippen LogP) is 6.81. The Balaban J connectivity index is 1.53. The number of hydrogen-bond donors (Lipinski definition) is 2. The molecule has 0 spiro atoms. The van der Waals surface area contributed by atoms with Crippen molar-refractivity contribution in [3.05, 3.63) is 87.3 Å². The van der Waals surface area contributed by atoms with Gasteiger partial charge in [-0.2, -0.15) is 0 Å². The molecular weight excluding hydrogens is 542 g/mol. The Morgan fingerprint density at radius 1 is 1.05 bits per heavy atom. The third-order valence-electron chi connectivity index (χ3n) is 7.99. The van der Waals surface area contributed by atoms with Crippen LogP contribution in [-0.4, -0.2) is 43.0 Å². The molecule has 8 heteroatoms. The van der Waals surface area contributed by atoms with Crippen LogP contribution in [0.5, 0.6) is 5.75 Å². The van der Waals surface area contributed by atoms with Crippen molar-refractivity contribution in [2.45, 2.75) is 51.2 Å². The molecule has 3 N–H and O–H groups in total. The SMILES string of the molecule is CN[C@H]1CC[C@H](N(Cc2cc(-c3ccc(C(N)=O)cc3)ccc2OC)C(=O)c2sc3cccc(C)c3c2Cl)CC1. The lowest BCUT2D eigenvalue weighted by Gasteiger charge is -2.37. The van der Waals surface area contributed by atoms with Gasteiger partial charge in [0.25, 0.3) is 5.91 Å². The van der Waals surface area contributed by atoms with Crippen LogP contribution in [0.2, 0.25) is 5.02 Å². The number of rotatable bonds is 8. The van der Waals surface area contributed by atoms with E-state index in [0.717, 1.165) is 63.8 Å². The maximum Gasteiger partial charge on any atom is 0.266 e. The Morgan fingerprint density at radius 3 is 2.38 bits per heavy atom. The summed E-state index contributed by atoms with van der Waals surface area (Å²) in [7, 11) is 3.65. The minimum absolute atomic E-state index is 0.0447. The Morgan fingerprint density at radius 2 is 1.75 bits per heavy atom. The van der Waals surface area contributed by atoms with Crippen LogP contribution in [0, 0.1) is 6.92 Å². The number of methoxy groups -OCH3 is 1. The fourth-order valence-corrected chi connectivity index (χ4v) is 7.31. The van der Waals surface area contributed by atoms with E-state index in [9.17, 15) is 9.59 Å². The largest absolute Gasteiger partial charge is 0.496 e. The lowest BCUT2D eigenvalue weighted by Crippen LogP contribution is -2.44. The summed E-state index contributed by atoms with van der Waals surface area (Å²) in [6.07, 6.45) is 3.84. The van der Waals surface area contributed by atoms with Crippen molar-refractivity contribution in [1.29, 1.82) is 0 Å². The number of primary amides is 1. The first-order valence-electron chi connectivity index (χ1n) is 13.5. The number of fused-ring (bicyclic) bond motifs is 1. The van der Waals surface area contributed by atoms with E-state index in [-0.39, 0.29) is 11.9 Å². The fourth-order valence-electron chi connectivity index (χ4n) is 5.68. The molecule has 0 atom stereocenters. The molecule has 40 heavy (non-hydrogen) atoms. The predicted molar refractivity (Wildman–Crippen MR) is 163 cm³/mol. The van der Waals surface area contributed by atoms with Crippen LogP contribution in [0.1, 0.15) is 56.8 Å². The number of halogens is 1. The van der Waals surface area contributed by atoms with E-state index >= 15 is 0 Å². The number of nitrogens with one attached hydrogen (secondary N) is 1. The molecule has 1 saturated carbocycles. The number of carbonyl (C=O) groups is 2. The third kappa shape index (κ3) is 5.59. The standard InChI is InChI=1S/C32H34ClN3O3S/c1-19-5-4-6-27-28(19)29(33)30(40-27)32(38)36(25-14-12-24(35-2)13-15-25)18-23-17-22(11-16-26(23)39-3)20-7-9-21(10-8-20)31(34)37/h4-11,16-17,24-25,35H,12-15,18H2,1-3H3,(H2,34,37)/t24-,25-. The highest BCUT2D eigenvalue weighted by Crippen LogP contribution is 2.40. The van der Waals surface area contributed by atoms with E-state index in [0.29, 0.717) is 28.0 Å². The molecule has 1 aliphatic carbocycles. The molecule has 1 aromatic heterocycles. The van der Waals surface area contributed by atoms with Crippen LogP contribution < -0.4 is 15.8 Å². The van der Waals surface area contributed by atoms with Crippen molar-refractivity contribution in [2.24, 2.45) is 5.73 Å². The summed E-state index contributed by atoms with van der Waals surface area (Å²) >= 11 is 8.35. The first-order valence-corrected chi connectivity index (χ1v) is 14.7. The number of benzene rings is 3. The lowest BCUT2D eigenvalue weighted by molar-refractivity contribution is 0.0604. The molecule has 1 aliphatic rings. The van der Waals surface area contributed by atoms with E-state index in [4.69, 9.17) is 22.1 Å². The van der Waals surface area contributed by atoms with Crippen LogP contribution >= 0.6 is 22.9 Å². The van der Waals surface area contributed by atoms with E-state index in [2.05, 4.69) is 11.4 Å². The van der Waals surface area contributed by atoms with Crippen molar-refractivity contribution in [3.63, 3.8) is 0 Å². The number of nitrogens with zero attached hydrogens (tertiary/aromatic N) is 1. The van der Waals surface area contributed by atoms with Gasteiger partial charge in [0.2, 0.25) is 5.91 Å². The highest BCUT2D eigenvalue weighted by molar-refractivity contribution is 7.21. The van der Waals surface area contributed by atoms with Gasteiger partial charge >= 0.3 is 0 Å². The first-order chi connectivity index (χ1) is 19.3. The van der Waals surface area contributed by atoms with Gasteiger partial charge in [-0.25, -0.2) is 0 Å². The number of ether oxygens (including phenoxy) is 1. The zero-order valence-corrected chi connectivity index (χ0v) is 24.6. The second-order valence-corrected chi connectivity index (χ2v) is 11.8. The molecule has 208 valence electrons. The van der Waals surface area contributed by atoms with Gasteiger partial charge < -0.3 is 20.7 Å². The number of thiophene rings is 1.